The monoisotopic (exact) mass is 748 g/mol. The molecule has 0 saturated heterocycles. The molecule has 3 aromatic carbocycles. The van der Waals surface area contributed by atoms with Gasteiger partial charge in [-0.2, -0.15) is 0 Å². The molecule has 0 saturated carbocycles. The van der Waals surface area contributed by atoms with E-state index in [0.717, 1.165) is 5.56 Å². The Morgan fingerprint density at radius 1 is 0.759 bits per heavy atom. The molecule has 0 aliphatic carbocycles. The van der Waals surface area contributed by atoms with E-state index < -0.39 is 71.7 Å². The van der Waals surface area contributed by atoms with Crippen LogP contribution >= 0.6 is 0 Å². The van der Waals surface area contributed by atoms with Crippen molar-refractivity contribution in [1.82, 2.24) is 21.4 Å². The van der Waals surface area contributed by atoms with Crippen molar-refractivity contribution in [3.63, 3.8) is 0 Å². The maximum Gasteiger partial charge on any atom is 0.331 e. The van der Waals surface area contributed by atoms with Crippen molar-refractivity contribution in [2.45, 2.75) is 57.2 Å². The Morgan fingerprint density at radius 3 is 1.89 bits per heavy atom. The van der Waals surface area contributed by atoms with Gasteiger partial charge in [-0.05, 0) is 29.5 Å². The second-order valence-electron chi connectivity index (χ2n) is 11.7. The number of benzene rings is 3. The number of amides is 3. The maximum absolute atomic E-state index is 13.6. The number of nitrogens with two attached hydrogens (primary N) is 2. The highest BCUT2D eigenvalue weighted by Gasteiger charge is 2.30. The number of hydrogen-bond acceptors (Lipinski definition) is 12. The molecule has 8 N–H and O–H groups in total. The summed E-state index contributed by atoms with van der Waals surface area (Å²) in [5.41, 5.74) is 15.1. The third-order valence-corrected chi connectivity index (χ3v) is 7.41. The van der Waals surface area contributed by atoms with E-state index in [4.69, 9.17) is 25.7 Å². The fraction of sp³-hybridized carbons (Fsp3) is 0.333. The van der Waals surface area contributed by atoms with E-state index in [-0.39, 0.29) is 45.8 Å². The van der Waals surface area contributed by atoms with E-state index in [1.165, 1.54) is 0 Å². The van der Waals surface area contributed by atoms with Crippen LogP contribution in [0.3, 0.4) is 0 Å². The van der Waals surface area contributed by atoms with Crippen LogP contribution in [0.2, 0.25) is 0 Å². The van der Waals surface area contributed by atoms with Gasteiger partial charge in [0.25, 0.3) is 5.96 Å². The van der Waals surface area contributed by atoms with Gasteiger partial charge in [-0.15, -0.1) is 0 Å². The van der Waals surface area contributed by atoms with E-state index >= 15 is 0 Å². The van der Waals surface area contributed by atoms with E-state index in [0.29, 0.717) is 11.1 Å². The van der Waals surface area contributed by atoms with E-state index in [1.807, 2.05) is 36.4 Å². The summed E-state index contributed by atoms with van der Waals surface area (Å²) in [5, 5.41) is 16.8. The van der Waals surface area contributed by atoms with Crippen LogP contribution in [0.25, 0.3) is 0 Å². The highest BCUT2D eigenvalue weighted by atomic mass is 16.7. The average molecular weight is 749 g/mol. The van der Waals surface area contributed by atoms with Gasteiger partial charge in [0, 0.05) is 6.54 Å². The molecule has 18 heteroatoms. The molecule has 0 unspecified atom stereocenters. The molecule has 54 heavy (non-hydrogen) atoms. The number of guanidine groups is 1. The molecular formula is C36H44N8O10. The first-order valence-electron chi connectivity index (χ1n) is 16.9. The van der Waals surface area contributed by atoms with Gasteiger partial charge < -0.3 is 41.6 Å². The molecule has 0 aliphatic heterocycles. The third kappa shape index (κ3) is 16.7. The summed E-state index contributed by atoms with van der Waals surface area (Å²) < 4.78 is 16.5. The van der Waals surface area contributed by atoms with Crippen LogP contribution in [0.15, 0.2) is 96.0 Å². The van der Waals surface area contributed by atoms with Gasteiger partial charge in [-0.25, -0.2) is 19.9 Å². The second kappa shape index (κ2) is 23.2. The minimum Gasteiger partial charge on any atom is -0.461 e. The largest absolute Gasteiger partial charge is 0.461 e. The van der Waals surface area contributed by atoms with Crippen LogP contribution in [0, 0.1) is 10.1 Å². The van der Waals surface area contributed by atoms with Crippen molar-refractivity contribution in [2.75, 3.05) is 19.7 Å². The van der Waals surface area contributed by atoms with Gasteiger partial charge in [-0.1, -0.05) is 96.4 Å². The number of ether oxygens (including phenoxy) is 3. The van der Waals surface area contributed by atoms with Crippen molar-refractivity contribution in [2.24, 2.45) is 16.5 Å². The standard InChI is InChI=1S/C36H44N8O10/c37-28(17-10-18-39-36(38)43-44(50)51)33(47)40-20-31(45)41-29(19-32(46)53-22-26-13-6-2-7-14-26)34(48)42-30(24-52-21-25-11-4-1-5-12-25)35(49)54-23-27-15-8-3-9-16-27/h1-9,11-16,28-30H,10,17-24,37H2,(H,40,47)(H,41,45)(H,42,48)(H3,38,39,43)/t28-,29-,30-/m0/s1. The zero-order valence-corrected chi connectivity index (χ0v) is 29.4. The molecule has 288 valence electrons. The minimum atomic E-state index is -1.54. The molecule has 0 fully saturated rings. The Balaban J connectivity index is 1.65. The lowest BCUT2D eigenvalue weighted by molar-refractivity contribution is -0.525. The van der Waals surface area contributed by atoms with Crippen LogP contribution in [-0.4, -0.2) is 78.5 Å². The molecule has 0 heterocycles. The van der Waals surface area contributed by atoms with Crippen LogP contribution in [0.5, 0.6) is 0 Å². The van der Waals surface area contributed by atoms with Crippen molar-refractivity contribution < 1.29 is 43.2 Å². The predicted molar refractivity (Wildman–Crippen MR) is 194 cm³/mol. The third-order valence-electron chi connectivity index (χ3n) is 7.41. The number of esters is 2. The van der Waals surface area contributed by atoms with E-state index in [1.54, 1.807) is 60.0 Å². The molecule has 3 aromatic rings. The normalized spacial score (nSPS) is 12.6. The molecule has 18 nitrogen and oxygen atoms in total. The van der Waals surface area contributed by atoms with E-state index in [2.05, 4.69) is 20.9 Å². The number of nitrogens with one attached hydrogen (secondary N) is 4. The number of rotatable bonds is 22. The Hall–Kier alpha value is -6.40. The van der Waals surface area contributed by atoms with Crippen LogP contribution < -0.4 is 32.8 Å². The Kier molecular flexibility index (Phi) is 18.1. The molecule has 0 spiro atoms. The number of aliphatic imine (C=N–C) groups is 1. The molecule has 0 radical (unpaired) electrons. The molecule has 3 amide bonds. The summed E-state index contributed by atoms with van der Waals surface area (Å²) in [4.78, 5) is 79.4. The molecular weight excluding hydrogens is 704 g/mol. The molecule has 0 aliphatic rings. The van der Waals surface area contributed by atoms with Gasteiger partial charge in [0.15, 0.2) is 11.1 Å². The summed E-state index contributed by atoms with van der Waals surface area (Å²) in [7, 11) is 0. The summed E-state index contributed by atoms with van der Waals surface area (Å²) >= 11 is 0. The molecule has 0 aromatic heterocycles. The lowest BCUT2D eigenvalue weighted by Crippen LogP contribution is -2.55. The van der Waals surface area contributed by atoms with Gasteiger partial charge in [-0.3, -0.25) is 19.2 Å². The Bertz CT molecular complexity index is 1700. The first kappa shape index (κ1) is 42.0. The van der Waals surface area contributed by atoms with Crippen molar-refractivity contribution >= 4 is 35.6 Å². The van der Waals surface area contributed by atoms with E-state index in [9.17, 15) is 34.1 Å². The second-order valence-corrected chi connectivity index (χ2v) is 11.7. The maximum atomic E-state index is 13.6. The highest BCUT2D eigenvalue weighted by molar-refractivity contribution is 5.94. The average Bonchev–Trinajstić information content (AvgIpc) is 3.17. The quantitative estimate of drug-likeness (QED) is 0.0203. The van der Waals surface area contributed by atoms with Crippen molar-refractivity contribution in [1.29, 1.82) is 0 Å². The number of hydrazine groups is 1. The summed E-state index contributed by atoms with van der Waals surface area (Å²) in [5.74, 6) is -4.53. The van der Waals surface area contributed by atoms with Crippen molar-refractivity contribution in [3.8, 4) is 0 Å². The number of hydrogen-bond donors (Lipinski definition) is 6. The van der Waals surface area contributed by atoms with Crippen LogP contribution in [-0.2, 0) is 58.0 Å². The van der Waals surface area contributed by atoms with Gasteiger partial charge in [0.2, 0.25) is 17.7 Å². The summed E-state index contributed by atoms with van der Waals surface area (Å²) in [6.07, 6.45) is -0.267. The Morgan fingerprint density at radius 2 is 1.31 bits per heavy atom. The van der Waals surface area contributed by atoms with Crippen LogP contribution in [0.1, 0.15) is 36.0 Å². The minimum absolute atomic E-state index is 0.0450. The predicted octanol–water partition coefficient (Wildman–Crippen LogP) is 0.369. The molecule has 3 atom stereocenters. The SMILES string of the molecule is NC(=NCCC[C@H](N)C(=O)NCC(=O)N[C@@H](CC(=O)OCc1ccccc1)C(=O)N[C@@H](COCc1ccccc1)C(=O)OCc1ccccc1)N[N+](=O)[O-]. The smallest absolute Gasteiger partial charge is 0.331 e. The topological polar surface area (TPSA) is 269 Å². The fourth-order valence-corrected chi connectivity index (χ4v) is 4.63. The molecule has 0 bridgehead atoms. The van der Waals surface area contributed by atoms with Crippen molar-refractivity contribution in [3.05, 3.63) is 118 Å². The fourth-order valence-electron chi connectivity index (χ4n) is 4.63. The van der Waals surface area contributed by atoms with Gasteiger partial charge >= 0.3 is 11.9 Å². The lowest BCUT2D eigenvalue weighted by atomic mass is 10.1. The number of nitrogens with zero attached hydrogens (tertiary/aromatic N) is 2. The number of nitro groups is 1. The zero-order chi connectivity index (χ0) is 39.1. The Labute approximate surface area is 311 Å². The lowest BCUT2D eigenvalue weighted by Gasteiger charge is -2.23. The summed E-state index contributed by atoms with van der Waals surface area (Å²) in [6, 6.07) is 22.9. The number of carbonyl (C=O) groups excluding carboxylic acids is 5. The van der Waals surface area contributed by atoms with Gasteiger partial charge in [0.1, 0.15) is 19.3 Å². The van der Waals surface area contributed by atoms with Crippen LogP contribution in [0.4, 0.5) is 0 Å². The highest BCUT2D eigenvalue weighted by Crippen LogP contribution is 2.08. The first-order valence-corrected chi connectivity index (χ1v) is 16.9. The van der Waals surface area contributed by atoms with Gasteiger partial charge in [0.05, 0.1) is 32.2 Å². The summed E-state index contributed by atoms with van der Waals surface area (Å²) in [6.45, 7) is -0.932. The number of carbonyl (C=O) groups is 5. The first-order chi connectivity index (χ1) is 26.0. The molecule has 3 rings (SSSR count). The zero-order valence-electron chi connectivity index (χ0n) is 29.4.